The monoisotopic (exact) mass is 254 g/mol. The van der Waals surface area contributed by atoms with Crippen LogP contribution in [0.15, 0.2) is 11.6 Å². The molecule has 106 valence electrons. The molecule has 0 radical (unpaired) electrons. The van der Waals surface area contributed by atoms with Crippen molar-refractivity contribution < 1.29 is 9.90 Å². The molecule has 0 aliphatic heterocycles. The standard InChI is InChI=1S/C16H30O2/c1-7-15(17)14(5)10-12(3)9-13(4)11-16(6,18)8-2/h10,12-13,18H,7-9,11H2,1-6H3/b14-10+/t12-,13+,16+/m1/s1. The van der Waals surface area contributed by atoms with Gasteiger partial charge in [0.2, 0.25) is 0 Å². The molecule has 3 atom stereocenters. The minimum atomic E-state index is -0.558. The van der Waals surface area contributed by atoms with E-state index in [4.69, 9.17) is 0 Å². The van der Waals surface area contributed by atoms with Gasteiger partial charge in [0, 0.05) is 6.42 Å². The highest BCUT2D eigenvalue weighted by Gasteiger charge is 2.21. The van der Waals surface area contributed by atoms with Gasteiger partial charge in [0.25, 0.3) is 0 Å². The van der Waals surface area contributed by atoms with Crippen molar-refractivity contribution in [2.75, 3.05) is 0 Å². The zero-order chi connectivity index (χ0) is 14.3. The van der Waals surface area contributed by atoms with Crippen LogP contribution < -0.4 is 0 Å². The molecule has 0 aromatic rings. The molecule has 0 bridgehead atoms. The van der Waals surface area contributed by atoms with E-state index in [1.807, 2.05) is 27.7 Å². The molecule has 0 heterocycles. The number of ketones is 1. The molecule has 2 heteroatoms. The molecule has 18 heavy (non-hydrogen) atoms. The maximum atomic E-state index is 11.5. The van der Waals surface area contributed by atoms with E-state index in [0.717, 1.165) is 24.8 Å². The second kappa shape index (κ2) is 7.73. The van der Waals surface area contributed by atoms with Gasteiger partial charge in [-0.25, -0.2) is 0 Å². The highest BCUT2D eigenvalue weighted by atomic mass is 16.3. The van der Waals surface area contributed by atoms with Crippen molar-refractivity contribution in [2.24, 2.45) is 11.8 Å². The average Bonchev–Trinajstić information content (AvgIpc) is 2.26. The van der Waals surface area contributed by atoms with Crippen LogP contribution in [-0.2, 0) is 4.79 Å². The first-order valence-corrected chi connectivity index (χ1v) is 7.15. The largest absolute Gasteiger partial charge is 0.390 e. The Morgan fingerprint density at radius 3 is 2.33 bits per heavy atom. The van der Waals surface area contributed by atoms with Crippen molar-refractivity contribution in [3.63, 3.8) is 0 Å². The Kier molecular flexibility index (Phi) is 7.46. The predicted molar refractivity (Wildman–Crippen MR) is 77.5 cm³/mol. The summed E-state index contributed by atoms with van der Waals surface area (Å²) in [6, 6.07) is 0. The zero-order valence-corrected chi connectivity index (χ0v) is 12.9. The van der Waals surface area contributed by atoms with Gasteiger partial charge >= 0.3 is 0 Å². The van der Waals surface area contributed by atoms with Crippen molar-refractivity contribution in [1.82, 2.24) is 0 Å². The summed E-state index contributed by atoms with van der Waals surface area (Å²) in [5.74, 6) is 1.09. The molecule has 0 aromatic heterocycles. The molecule has 1 N–H and O–H groups in total. The van der Waals surface area contributed by atoms with E-state index in [-0.39, 0.29) is 5.78 Å². The summed E-state index contributed by atoms with van der Waals surface area (Å²) in [6.07, 6.45) is 5.28. The first-order chi connectivity index (χ1) is 8.21. The van der Waals surface area contributed by atoms with Crippen molar-refractivity contribution in [3.8, 4) is 0 Å². The Labute approximate surface area is 112 Å². The lowest BCUT2D eigenvalue weighted by atomic mass is 9.85. The van der Waals surface area contributed by atoms with Crippen molar-refractivity contribution in [2.45, 2.75) is 72.8 Å². The quantitative estimate of drug-likeness (QED) is 0.661. The fraction of sp³-hybridized carbons (Fsp3) is 0.812. The second-order valence-corrected chi connectivity index (χ2v) is 6.00. The summed E-state index contributed by atoms with van der Waals surface area (Å²) in [5, 5.41) is 10.0. The van der Waals surface area contributed by atoms with Crippen LogP contribution in [-0.4, -0.2) is 16.5 Å². The Balaban J connectivity index is 4.32. The van der Waals surface area contributed by atoms with Gasteiger partial charge in [-0.1, -0.05) is 33.8 Å². The van der Waals surface area contributed by atoms with Gasteiger partial charge in [-0.3, -0.25) is 4.79 Å². The third-order valence-electron chi connectivity index (χ3n) is 3.62. The molecular formula is C16H30O2. The van der Waals surface area contributed by atoms with Gasteiger partial charge in [0.05, 0.1) is 5.60 Å². The minimum absolute atomic E-state index is 0.232. The van der Waals surface area contributed by atoms with Crippen molar-refractivity contribution in [3.05, 3.63) is 11.6 Å². The number of hydrogen-bond donors (Lipinski definition) is 1. The molecule has 0 aliphatic carbocycles. The summed E-state index contributed by atoms with van der Waals surface area (Å²) < 4.78 is 0. The van der Waals surface area contributed by atoms with E-state index >= 15 is 0 Å². The van der Waals surface area contributed by atoms with Gasteiger partial charge in [-0.15, -0.1) is 0 Å². The number of rotatable bonds is 8. The van der Waals surface area contributed by atoms with Gasteiger partial charge in [0.1, 0.15) is 0 Å². The Morgan fingerprint density at radius 1 is 1.33 bits per heavy atom. The number of aliphatic hydroxyl groups is 1. The van der Waals surface area contributed by atoms with Gasteiger partial charge in [0.15, 0.2) is 5.78 Å². The van der Waals surface area contributed by atoms with Crippen molar-refractivity contribution in [1.29, 1.82) is 0 Å². The zero-order valence-electron chi connectivity index (χ0n) is 12.9. The summed E-state index contributed by atoms with van der Waals surface area (Å²) in [4.78, 5) is 11.5. The topological polar surface area (TPSA) is 37.3 Å². The van der Waals surface area contributed by atoms with Crippen LogP contribution in [0.1, 0.15) is 67.2 Å². The lowest BCUT2D eigenvalue weighted by Gasteiger charge is -2.26. The molecule has 0 rings (SSSR count). The number of carbonyl (C=O) groups excluding carboxylic acids is 1. The van der Waals surface area contributed by atoms with E-state index in [0.29, 0.717) is 18.3 Å². The number of hydrogen-bond acceptors (Lipinski definition) is 2. The van der Waals surface area contributed by atoms with Gasteiger partial charge in [-0.2, -0.15) is 0 Å². The molecule has 0 unspecified atom stereocenters. The third-order valence-corrected chi connectivity index (χ3v) is 3.62. The van der Waals surface area contributed by atoms with Crippen LogP contribution in [0.4, 0.5) is 0 Å². The molecule has 0 spiro atoms. The SMILES string of the molecule is CCC(=O)/C(C)=C/[C@H](C)C[C@H](C)C[C@@](C)(O)CC. The smallest absolute Gasteiger partial charge is 0.157 e. The minimum Gasteiger partial charge on any atom is -0.390 e. The van der Waals surface area contributed by atoms with Gasteiger partial charge in [-0.05, 0) is 50.5 Å². The predicted octanol–water partition coefficient (Wildman–Crippen LogP) is 4.13. The van der Waals surface area contributed by atoms with Crippen LogP contribution in [0.25, 0.3) is 0 Å². The summed E-state index contributed by atoms with van der Waals surface area (Å²) >= 11 is 0. The lowest BCUT2D eigenvalue weighted by Crippen LogP contribution is -2.26. The molecular weight excluding hydrogens is 224 g/mol. The maximum Gasteiger partial charge on any atom is 0.157 e. The Hall–Kier alpha value is -0.630. The second-order valence-electron chi connectivity index (χ2n) is 6.00. The first-order valence-electron chi connectivity index (χ1n) is 7.15. The van der Waals surface area contributed by atoms with Gasteiger partial charge < -0.3 is 5.11 Å². The molecule has 0 aliphatic rings. The molecule has 0 amide bonds. The number of Topliss-reactive ketones (excluding diaryl/α,β-unsaturated/α-hetero) is 1. The average molecular weight is 254 g/mol. The van der Waals surface area contributed by atoms with E-state index in [2.05, 4.69) is 19.9 Å². The molecule has 0 saturated heterocycles. The highest BCUT2D eigenvalue weighted by Crippen LogP contribution is 2.25. The summed E-state index contributed by atoms with van der Waals surface area (Å²) in [5.41, 5.74) is 0.316. The normalized spacial score (nSPS) is 19.2. The van der Waals surface area contributed by atoms with Crippen LogP contribution in [0.3, 0.4) is 0 Å². The Bertz CT molecular complexity index is 289. The third kappa shape index (κ3) is 6.95. The van der Waals surface area contributed by atoms with Crippen LogP contribution in [0.2, 0.25) is 0 Å². The fourth-order valence-corrected chi connectivity index (χ4v) is 2.48. The molecule has 0 fully saturated rings. The van der Waals surface area contributed by atoms with Crippen LogP contribution in [0.5, 0.6) is 0 Å². The molecule has 0 aromatic carbocycles. The fourth-order valence-electron chi connectivity index (χ4n) is 2.48. The van der Waals surface area contributed by atoms with Crippen molar-refractivity contribution >= 4 is 5.78 Å². The molecule has 0 saturated carbocycles. The van der Waals surface area contributed by atoms with E-state index in [9.17, 15) is 9.90 Å². The number of carbonyl (C=O) groups is 1. The van der Waals surface area contributed by atoms with E-state index in [1.165, 1.54) is 0 Å². The van der Waals surface area contributed by atoms with Crippen LogP contribution >= 0.6 is 0 Å². The first kappa shape index (κ1) is 17.4. The summed E-state index contributed by atoms with van der Waals surface area (Å²) in [7, 11) is 0. The van der Waals surface area contributed by atoms with E-state index in [1.54, 1.807) is 0 Å². The van der Waals surface area contributed by atoms with Crippen LogP contribution in [0, 0.1) is 11.8 Å². The summed E-state index contributed by atoms with van der Waals surface area (Å²) in [6.45, 7) is 12.0. The number of allylic oxidation sites excluding steroid dienone is 2. The Morgan fingerprint density at radius 2 is 1.89 bits per heavy atom. The molecule has 2 nitrogen and oxygen atoms in total. The highest BCUT2D eigenvalue weighted by molar-refractivity contribution is 5.94. The van der Waals surface area contributed by atoms with E-state index < -0.39 is 5.60 Å². The lowest BCUT2D eigenvalue weighted by molar-refractivity contribution is -0.115. The maximum absolute atomic E-state index is 11.5.